The van der Waals surface area contributed by atoms with E-state index in [2.05, 4.69) is 5.32 Å². The van der Waals surface area contributed by atoms with Crippen LogP contribution < -0.4 is 0 Å². The molecule has 0 aliphatic heterocycles. The molecular weight excluding hydrogens is 281 g/mol. The first-order valence-electron chi connectivity index (χ1n) is 2.05. The van der Waals surface area contributed by atoms with Crippen LogP contribution in [0.5, 0.6) is 0 Å². The Kier molecular flexibility index (Phi) is 35.3. The number of nitrogens with zero attached hydrogens (tertiary/aromatic N) is 1. The maximum Gasteiger partial charge on any atom is 0 e. The monoisotopic (exact) mass is 292 g/mol. The van der Waals surface area contributed by atoms with Crippen molar-refractivity contribution in [1.82, 2.24) is 0 Å². The minimum absolute atomic E-state index is 0. The molecule has 0 bridgehead atoms. The minimum atomic E-state index is 0. The van der Waals surface area contributed by atoms with E-state index in [-0.39, 0.29) is 33.5 Å². The quantitative estimate of drug-likeness (QED) is 0.737. The van der Waals surface area contributed by atoms with E-state index in [1.54, 1.807) is 0 Å². The Balaban J connectivity index is -0.0000000800. The molecule has 0 rings (SSSR count). The molecule has 0 aliphatic carbocycles. The molecular formula is C4H11ClNW-. The second-order valence-corrected chi connectivity index (χ2v) is 0.856. The molecule has 0 fully saturated rings. The van der Waals surface area contributed by atoms with E-state index >= 15 is 0 Å². The van der Waals surface area contributed by atoms with Crippen LogP contribution >= 0.6 is 12.4 Å². The first kappa shape index (κ1) is 15.7. The normalized spacial score (nSPS) is 6.00. The van der Waals surface area contributed by atoms with Gasteiger partial charge in [0.1, 0.15) is 0 Å². The zero-order valence-corrected chi connectivity index (χ0v) is 8.43. The third-order valence-corrected chi connectivity index (χ3v) is 0.447. The van der Waals surface area contributed by atoms with Crippen LogP contribution in [0.15, 0.2) is 0 Å². The standard InChI is InChI=1S/C4H10N.ClH.W/c1-3-5-4-2;;/h3-4H2,1-2H3;1H;/q-1;;. The van der Waals surface area contributed by atoms with Crippen LogP contribution in [0, 0.1) is 0 Å². The first-order valence-corrected chi connectivity index (χ1v) is 2.05. The predicted octanol–water partition coefficient (Wildman–Crippen LogP) is 1.82. The molecule has 7 heavy (non-hydrogen) atoms. The largest absolute Gasteiger partial charge is 0.663 e. The van der Waals surface area contributed by atoms with Gasteiger partial charge < -0.3 is 5.32 Å². The van der Waals surface area contributed by atoms with Gasteiger partial charge in [0.25, 0.3) is 0 Å². The fraction of sp³-hybridized carbons (Fsp3) is 1.00. The number of rotatable bonds is 2. The van der Waals surface area contributed by atoms with Gasteiger partial charge in [0.05, 0.1) is 0 Å². The van der Waals surface area contributed by atoms with E-state index in [9.17, 15) is 0 Å². The van der Waals surface area contributed by atoms with Gasteiger partial charge in [-0.3, -0.25) is 0 Å². The van der Waals surface area contributed by atoms with Crippen LogP contribution in [0.3, 0.4) is 0 Å². The summed E-state index contributed by atoms with van der Waals surface area (Å²) in [7, 11) is 0. The van der Waals surface area contributed by atoms with Crippen LogP contribution in [0.4, 0.5) is 0 Å². The van der Waals surface area contributed by atoms with Gasteiger partial charge in [-0.2, -0.15) is 13.1 Å². The van der Waals surface area contributed by atoms with Crippen LogP contribution in [0.2, 0.25) is 0 Å². The molecule has 0 atom stereocenters. The predicted molar refractivity (Wildman–Crippen MR) is 31.7 cm³/mol. The van der Waals surface area contributed by atoms with E-state index < -0.39 is 0 Å². The zero-order valence-electron chi connectivity index (χ0n) is 4.68. The van der Waals surface area contributed by atoms with Crippen molar-refractivity contribution in [2.75, 3.05) is 13.1 Å². The molecule has 0 saturated carbocycles. The molecule has 3 heteroatoms. The van der Waals surface area contributed by atoms with Gasteiger partial charge >= 0.3 is 0 Å². The molecule has 0 aliphatic rings. The molecule has 0 amide bonds. The van der Waals surface area contributed by atoms with Crippen molar-refractivity contribution >= 4 is 12.4 Å². The topological polar surface area (TPSA) is 14.1 Å². The molecule has 0 aromatic heterocycles. The summed E-state index contributed by atoms with van der Waals surface area (Å²) in [6, 6.07) is 0. The van der Waals surface area contributed by atoms with Crippen molar-refractivity contribution in [1.29, 1.82) is 0 Å². The van der Waals surface area contributed by atoms with Crippen molar-refractivity contribution in [2.24, 2.45) is 0 Å². The number of halogens is 1. The molecule has 46 valence electrons. The Labute approximate surface area is 65.9 Å². The summed E-state index contributed by atoms with van der Waals surface area (Å²) in [6.45, 7) is 6.03. The van der Waals surface area contributed by atoms with Gasteiger partial charge in [-0.25, -0.2) is 0 Å². The van der Waals surface area contributed by atoms with E-state index in [1.807, 2.05) is 13.8 Å². The Morgan fingerprint density at radius 1 is 1.14 bits per heavy atom. The van der Waals surface area contributed by atoms with Gasteiger partial charge in [-0.05, 0) is 0 Å². The van der Waals surface area contributed by atoms with E-state index in [4.69, 9.17) is 0 Å². The van der Waals surface area contributed by atoms with Gasteiger partial charge in [-0.15, -0.1) is 12.4 Å². The fourth-order valence-electron chi connectivity index (χ4n) is 0.224. The molecule has 0 radical (unpaired) electrons. The SMILES string of the molecule is CC[N-]CC.Cl.[W]. The molecule has 0 heterocycles. The molecule has 0 saturated heterocycles. The van der Waals surface area contributed by atoms with Crippen LogP contribution in [-0.2, 0) is 21.1 Å². The van der Waals surface area contributed by atoms with Crippen LogP contribution in [0.1, 0.15) is 13.8 Å². The van der Waals surface area contributed by atoms with Crippen LogP contribution in [0.25, 0.3) is 5.32 Å². The summed E-state index contributed by atoms with van der Waals surface area (Å²) in [5.74, 6) is 0. The van der Waals surface area contributed by atoms with Crippen molar-refractivity contribution < 1.29 is 21.1 Å². The van der Waals surface area contributed by atoms with Gasteiger partial charge in [0, 0.05) is 21.1 Å². The molecule has 0 unspecified atom stereocenters. The third kappa shape index (κ3) is 19.6. The maximum atomic E-state index is 3.97. The summed E-state index contributed by atoms with van der Waals surface area (Å²) >= 11 is 0. The Hall–Kier alpha value is 0.938. The van der Waals surface area contributed by atoms with Crippen LogP contribution in [-0.4, -0.2) is 13.1 Å². The van der Waals surface area contributed by atoms with E-state index in [0.29, 0.717) is 0 Å². The van der Waals surface area contributed by atoms with Crippen molar-refractivity contribution in [3.63, 3.8) is 0 Å². The summed E-state index contributed by atoms with van der Waals surface area (Å²) in [4.78, 5) is 0. The average Bonchev–Trinajstić information content (AvgIpc) is 1.41. The van der Waals surface area contributed by atoms with Crippen molar-refractivity contribution in [2.45, 2.75) is 13.8 Å². The molecule has 1 nitrogen and oxygen atoms in total. The van der Waals surface area contributed by atoms with E-state index in [0.717, 1.165) is 13.1 Å². The minimum Gasteiger partial charge on any atom is -0.663 e. The number of hydrogen-bond donors (Lipinski definition) is 0. The zero-order chi connectivity index (χ0) is 4.12. The summed E-state index contributed by atoms with van der Waals surface area (Å²) in [5.41, 5.74) is 0. The molecule has 0 aromatic rings. The summed E-state index contributed by atoms with van der Waals surface area (Å²) < 4.78 is 0. The van der Waals surface area contributed by atoms with Gasteiger partial charge in [-0.1, -0.05) is 13.8 Å². The second-order valence-electron chi connectivity index (χ2n) is 0.856. The third-order valence-electron chi connectivity index (χ3n) is 0.447. The smallest absolute Gasteiger partial charge is 0 e. The summed E-state index contributed by atoms with van der Waals surface area (Å²) in [5, 5.41) is 3.97. The fourth-order valence-corrected chi connectivity index (χ4v) is 0.224. The van der Waals surface area contributed by atoms with Crippen molar-refractivity contribution in [3.05, 3.63) is 5.32 Å². The number of hydrogen-bond acceptors (Lipinski definition) is 0. The maximum absolute atomic E-state index is 3.97. The van der Waals surface area contributed by atoms with E-state index in [1.165, 1.54) is 0 Å². The second kappa shape index (κ2) is 15.8. The average molecular weight is 292 g/mol. The van der Waals surface area contributed by atoms with Gasteiger partial charge in [0.15, 0.2) is 0 Å². The van der Waals surface area contributed by atoms with Gasteiger partial charge in [0.2, 0.25) is 0 Å². The summed E-state index contributed by atoms with van der Waals surface area (Å²) in [6.07, 6.45) is 0. The molecule has 0 spiro atoms. The Bertz CT molecular complexity index is 19.2. The molecule has 0 aromatic carbocycles. The Morgan fingerprint density at radius 3 is 1.43 bits per heavy atom. The van der Waals surface area contributed by atoms with Crippen molar-refractivity contribution in [3.8, 4) is 0 Å². The Morgan fingerprint density at radius 2 is 1.43 bits per heavy atom. The molecule has 0 N–H and O–H groups in total. The first-order chi connectivity index (χ1) is 2.41.